The maximum Gasteiger partial charge on any atom is 0.247 e. The van der Waals surface area contributed by atoms with Gasteiger partial charge in [0.25, 0.3) is 0 Å². The number of anilines is 1. The molecule has 1 atom stereocenters. The fourth-order valence-corrected chi connectivity index (χ4v) is 2.35. The molecule has 0 saturated heterocycles. The monoisotopic (exact) mass is 268 g/mol. The number of amides is 1. The third-order valence-electron chi connectivity index (χ3n) is 3.59. The lowest BCUT2D eigenvalue weighted by Crippen LogP contribution is -2.45. The number of hydrogen-bond acceptors (Lipinski definition) is 2. The van der Waals surface area contributed by atoms with Crippen LogP contribution in [0, 0.1) is 13.8 Å². The van der Waals surface area contributed by atoms with E-state index in [0.29, 0.717) is 0 Å². The minimum atomic E-state index is -0.933. The van der Waals surface area contributed by atoms with E-state index in [1.807, 2.05) is 69.3 Å². The Hall–Kier alpha value is -2.29. The van der Waals surface area contributed by atoms with Crippen LogP contribution in [0.4, 0.5) is 5.69 Å². The molecular weight excluding hydrogens is 248 g/mol. The van der Waals surface area contributed by atoms with Crippen molar-refractivity contribution in [2.45, 2.75) is 26.3 Å². The third-order valence-corrected chi connectivity index (χ3v) is 3.59. The van der Waals surface area contributed by atoms with Gasteiger partial charge in [-0.05, 0) is 44.0 Å². The molecule has 0 spiro atoms. The van der Waals surface area contributed by atoms with E-state index in [0.717, 1.165) is 22.4 Å². The van der Waals surface area contributed by atoms with Gasteiger partial charge in [-0.15, -0.1) is 0 Å². The first-order valence-corrected chi connectivity index (χ1v) is 6.64. The van der Waals surface area contributed by atoms with Gasteiger partial charge in [0.2, 0.25) is 5.91 Å². The zero-order chi connectivity index (χ0) is 14.8. The molecule has 3 nitrogen and oxygen atoms in total. The minimum absolute atomic E-state index is 0.393. The predicted molar refractivity (Wildman–Crippen MR) is 82.5 cm³/mol. The van der Waals surface area contributed by atoms with E-state index < -0.39 is 11.4 Å². The zero-order valence-corrected chi connectivity index (χ0v) is 12.1. The number of aryl methyl sites for hydroxylation is 2. The number of primary amides is 1. The molecule has 3 N–H and O–H groups in total. The summed E-state index contributed by atoms with van der Waals surface area (Å²) in [7, 11) is 0. The molecule has 2 aromatic rings. The van der Waals surface area contributed by atoms with Crippen molar-refractivity contribution in [3.8, 4) is 0 Å². The molecule has 0 radical (unpaired) electrons. The molecule has 20 heavy (non-hydrogen) atoms. The Morgan fingerprint density at radius 1 is 1.10 bits per heavy atom. The van der Waals surface area contributed by atoms with Gasteiger partial charge in [-0.2, -0.15) is 0 Å². The van der Waals surface area contributed by atoms with E-state index in [9.17, 15) is 4.79 Å². The van der Waals surface area contributed by atoms with Crippen LogP contribution in [-0.4, -0.2) is 5.91 Å². The van der Waals surface area contributed by atoms with E-state index in [4.69, 9.17) is 5.73 Å². The number of hydrogen-bond donors (Lipinski definition) is 2. The van der Waals surface area contributed by atoms with Crippen molar-refractivity contribution in [3.63, 3.8) is 0 Å². The van der Waals surface area contributed by atoms with E-state index in [1.165, 1.54) is 0 Å². The Morgan fingerprint density at radius 2 is 1.75 bits per heavy atom. The average molecular weight is 268 g/mol. The summed E-state index contributed by atoms with van der Waals surface area (Å²) in [6.45, 7) is 5.82. The van der Waals surface area contributed by atoms with Gasteiger partial charge in [-0.25, -0.2) is 0 Å². The zero-order valence-electron chi connectivity index (χ0n) is 12.1. The first-order chi connectivity index (χ1) is 9.43. The first-order valence-electron chi connectivity index (χ1n) is 6.64. The summed E-state index contributed by atoms with van der Waals surface area (Å²) in [5.41, 5.74) is 8.66. The van der Waals surface area contributed by atoms with Crippen molar-refractivity contribution in [3.05, 3.63) is 65.2 Å². The van der Waals surface area contributed by atoms with Crippen LogP contribution in [0.1, 0.15) is 23.6 Å². The summed E-state index contributed by atoms with van der Waals surface area (Å²) in [6.07, 6.45) is 0. The van der Waals surface area contributed by atoms with Gasteiger partial charge in [-0.3, -0.25) is 4.79 Å². The fraction of sp³-hybridized carbons (Fsp3) is 0.235. The molecule has 0 aliphatic carbocycles. The molecular formula is C17H20N2O. The van der Waals surface area contributed by atoms with Gasteiger partial charge >= 0.3 is 0 Å². The lowest BCUT2D eigenvalue weighted by Gasteiger charge is -2.31. The molecule has 1 unspecified atom stereocenters. The highest BCUT2D eigenvalue weighted by atomic mass is 16.1. The summed E-state index contributed by atoms with van der Waals surface area (Å²) in [5.74, 6) is -0.393. The quantitative estimate of drug-likeness (QED) is 0.895. The van der Waals surface area contributed by atoms with Crippen LogP contribution in [0.15, 0.2) is 48.5 Å². The van der Waals surface area contributed by atoms with Gasteiger partial charge in [0.05, 0.1) is 0 Å². The highest BCUT2D eigenvalue weighted by Gasteiger charge is 2.34. The smallest absolute Gasteiger partial charge is 0.247 e. The molecule has 0 aliphatic rings. The molecule has 2 aromatic carbocycles. The summed E-state index contributed by atoms with van der Waals surface area (Å²) in [5, 5.41) is 3.26. The van der Waals surface area contributed by atoms with Crippen molar-refractivity contribution < 1.29 is 4.79 Å². The van der Waals surface area contributed by atoms with Crippen molar-refractivity contribution in [2.75, 3.05) is 5.32 Å². The van der Waals surface area contributed by atoms with E-state index in [2.05, 4.69) is 5.32 Å². The average Bonchev–Trinajstić information content (AvgIpc) is 2.42. The second-order valence-corrected chi connectivity index (χ2v) is 5.30. The maximum atomic E-state index is 12.0. The lowest BCUT2D eigenvalue weighted by molar-refractivity contribution is -0.122. The molecule has 0 fully saturated rings. The van der Waals surface area contributed by atoms with Crippen LogP contribution in [0.2, 0.25) is 0 Å². The van der Waals surface area contributed by atoms with Crippen LogP contribution in [-0.2, 0) is 10.3 Å². The van der Waals surface area contributed by atoms with E-state index in [-0.39, 0.29) is 0 Å². The van der Waals surface area contributed by atoms with Crippen LogP contribution < -0.4 is 11.1 Å². The SMILES string of the molecule is Cc1ccc(C)c(C(C)(Nc2ccccc2)C(N)=O)c1. The third kappa shape index (κ3) is 2.67. The maximum absolute atomic E-state index is 12.0. The number of nitrogens with two attached hydrogens (primary N) is 1. The number of carbonyl (C=O) groups is 1. The predicted octanol–water partition coefficient (Wildman–Crippen LogP) is 3.12. The summed E-state index contributed by atoms with van der Waals surface area (Å²) in [4.78, 5) is 12.0. The van der Waals surface area contributed by atoms with Gasteiger partial charge in [-0.1, -0.05) is 42.0 Å². The Labute approximate surface area is 119 Å². The fourth-order valence-electron chi connectivity index (χ4n) is 2.35. The lowest BCUT2D eigenvalue weighted by atomic mass is 9.86. The van der Waals surface area contributed by atoms with Crippen LogP contribution in [0.5, 0.6) is 0 Å². The van der Waals surface area contributed by atoms with Gasteiger partial charge in [0.15, 0.2) is 0 Å². The molecule has 2 rings (SSSR count). The van der Waals surface area contributed by atoms with Crippen molar-refractivity contribution in [2.24, 2.45) is 5.73 Å². The standard InChI is InChI=1S/C17H20N2O/c1-12-9-10-13(2)15(11-12)17(3,16(18)20)19-14-7-5-4-6-8-14/h4-11,19H,1-3H3,(H2,18,20). The highest BCUT2D eigenvalue weighted by Crippen LogP contribution is 2.29. The molecule has 0 aromatic heterocycles. The largest absolute Gasteiger partial charge is 0.368 e. The number of rotatable bonds is 4. The molecule has 3 heteroatoms. The van der Waals surface area contributed by atoms with E-state index in [1.54, 1.807) is 0 Å². The van der Waals surface area contributed by atoms with Gasteiger partial charge < -0.3 is 11.1 Å². The van der Waals surface area contributed by atoms with Crippen LogP contribution in [0.25, 0.3) is 0 Å². The topological polar surface area (TPSA) is 55.1 Å². The second-order valence-electron chi connectivity index (χ2n) is 5.30. The normalized spacial score (nSPS) is 13.6. The highest BCUT2D eigenvalue weighted by molar-refractivity contribution is 5.89. The Bertz CT molecular complexity index is 622. The first kappa shape index (κ1) is 14.1. The summed E-state index contributed by atoms with van der Waals surface area (Å²) < 4.78 is 0. The molecule has 0 saturated carbocycles. The van der Waals surface area contributed by atoms with Crippen molar-refractivity contribution in [1.82, 2.24) is 0 Å². The number of nitrogens with one attached hydrogen (secondary N) is 1. The second kappa shape index (κ2) is 5.37. The Morgan fingerprint density at radius 3 is 2.35 bits per heavy atom. The molecule has 104 valence electrons. The number of benzene rings is 2. The van der Waals surface area contributed by atoms with Gasteiger partial charge in [0, 0.05) is 5.69 Å². The van der Waals surface area contributed by atoms with Crippen molar-refractivity contribution >= 4 is 11.6 Å². The van der Waals surface area contributed by atoms with Gasteiger partial charge in [0.1, 0.15) is 5.54 Å². The minimum Gasteiger partial charge on any atom is -0.368 e. The van der Waals surface area contributed by atoms with Crippen LogP contribution in [0.3, 0.4) is 0 Å². The molecule has 1 amide bonds. The summed E-state index contributed by atoms with van der Waals surface area (Å²) >= 11 is 0. The number of para-hydroxylation sites is 1. The molecule has 0 heterocycles. The molecule has 0 aliphatic heterocycles. The van der Waals surface area contributed by atoms with E-state index >= 15 is 0 Å². The van der Waals surface area contributed by atoms with Crippen molar-refractivity contribution in [1.29, 1.82) is 0 Å². The summed E-state index contributed by atoms with van der Waals surface area (Å²) in [6, 6.07) is 15.7. The number of carbonyl (C=O) groups excluding carboxylic acids is 1. The Kier molecular flexibility index (Phi) is 3.79. The Balaban J connectivity index is 2.49. The van der Waals surface area contributed by atoms with Crippen LogP contribution >= 0.6 is 0 Å². The molecule has 0 bridgehead atoms.